The molecule has 3 aromatic rings. The van der Waals surface area contributed by atoms with E-state index in [1.165, 1.54) is 4.57 Å². The number of carbonyl (C=O) groups excluding carboxylic acids is 1. The van der Waals surface area contributed by atoms with Gasteiger partial charge in [0.05, 0.1) is 24.1 Å². The molecule has 2 aliphatic heterocycles. The molecule has 1 N–H and O–H groups in total. The summed E-state index contributed by atoms with van der Waals surface area (Å²) in [6.45, 7) is 5.86. The van der Waals surface area contributed by atoms with E-state index in [0.29, 0.717) is 27.9 Å². The molecule has 9 heteroatoms. The highest BCUT2D eigenvalue weighted by Crippen LogP contribution is 2.48. The van der Waals surface area contributed by atoms with Gasteiger partial charge in [-0.2, -0.15) is 0 Å². The zero-order valence-corrected chi connectivity index (χ0v) is 21.6. The Morgan fingerprint density at radius 2 is 1.86 bits per heavy atom. The Hall–Kier alpha value is -3.78. The third-order valence-electron chi connectivity index (χ3n) is 6.69. The van der Waals surface area contributed by atoms with Crippen LogP contribution < -0.4 is 20.5 Å². The zero-order valence-electron chi connectivity index (χ0n) is 20.8. The molecule has 8 nitrogen and oxygen atoms in total. The van der Waals surface area contributed by atoms with Gasteiger partial charge in [-0.25, -0.2) is 4.98 Å². The van der Waals surface area contributed by atoms with Crippen LogP contribution in [0.1, 0.15) is 42.7 Å². The van der Waals surface area contributed by atoms with E-state index in [-0.39, 0.29) is 23.7 Å². The van der Waals surface area contributed by atoms with Gasteiger partial charge in [-0.3, -0.25) is 14.5 Å². The first-order chi connectivity index (χ1) is 17.2. The van der Waals surface area contributed by atoms with Gasteiger partial charge in [0.1, 0.15) is 17.9 Å². The van der Waals surface area contributed by atoms with E-state index in [0.717, 1.165) is 16.8 Å². The summed E-state index contributed by atoms with van der Waals surface area (Å²) in [6, 6.07) is 12.6. The molecular weight excluding hydrogens is 478 g/mol. The number of nitrogens with one attached hydrogen (secondary N) is 1. The van der Waals surface area contributed by atoms with Gasteiger partial charge in [0.2, 0.25) is 5.88 Å². The number of hydrogen-bond donors (Lipinski definition) is 1. The van der Waals surface area contributed by atoms with Crippen LogP contribution in [0.2, 0.25) is 5.02 Å². The number of amides is 1. The lowest BCUT2D eigenvalue weighted by atomic mass is 10.0. The highest BCUT2D eigenvalue weighted by molar-refractivity contribution is 6.30. The lowest BCUT2D eigenvalue weighted by Crippen LogP contribution is -2.43. The number of nitrogens with zero attached hydrogens (tertiary/aromatic N) is 4. The van der Waals surface area contributed by atoms with E-state index >= 15 is 0 Å². The monoisotopic (exact) mass is 505 g/mol. The number of carbonyl (C=O) groups is 1. The van der Waals surface area contributed by atoms with Crippen molar-refractivity contribution in [3.63, 3.8) is 0 Å². The van der Waals surface area contributed by atoms with E-state index in [4.69, 9.17) is 16.3 Å². The number of hydrogen-bond acceptors (Lipinski definition) is 6. The van der Waals surface area contributed by atoms with Gasteiger partial charge in [0.15, 0.2) is 0 Å². The number of benzene rings is 1. The SMILES string of the molecule is COc1ncccc1[C@H]1NC2=C(C(=O)N(c3cc(C)c(=O)n(C)c3)C2c2ccc(Cl)cc2)N1C(C)C. The van der Waals surface area contributed by atoms with Crippen molar-refractivity contribution < 1.29 is 9.53 Å². The molecule has 0 bridgehead atoms. The van der Waals surface area contributed by atoms with Crippen LogP contribution in [-0.2, 0) is 11.8 Å². The van der Waals surface area contributed by atoms with Crippen molar-refractivity contribution in [2.45, 2.75) is 39.0 Å². The summed E-state index contributed by atoms with van der Waals surface area (Å²) in [5.74, 6) is 0.359. The molecule has 5 rings (SSSR count). The van der Waals surface area contributed by atoms with Crippen LogP contribution in [0.4, 0.5) is 5.69 Å². The van der Waals surface area contributed by atoms with Crippen LogP contribution in [-0.4, -0.2) is 33.5 Å². The van der Waals surface area contributed by atoms with E-state index in [9.17, 15) is 9.59 Å². The van der Waals surface area contributed by atoms with Gasteiger partial charge in [-0.05, 0) is 56.7 Å². The number of anilines is 1. The molecule has 1 unspecified atom stereocenters. The molecule has 2 aliphatic rings. The van der Waals surface area contributed by atoms with Gasteiger partial charge in [-0.15, -0.1) is 0 Å². The van der Waals surface area contributed by atoms with E-state index in [2.05, 4.69) is 29.0 Å². The Morgan fingerprint density at radius 3 is 2.50 bits per heavy atom. The largest absolute Gasteiger partial charge is 0.481 e. The van der Waals surface area contributed by atoms with Crippen LogP contribution in [0.3, 0.4) is 0 Å². The second-order valence-corrected chi connectivity index (χ2v) is 9.78. The lowest BCUT2D eigenvalue weighted by molar-refractivity contribution is -0.116. The molecule has 36 heavy (non-hydrogen) atoms. The summed E-state index contributed by atoms with van der Waals surface area (Å²) < 4.78 is 7.06. The fourth-order valence-corrected chi connectivity index (χ4v) is 5.25. The van der Waals surface area contributed by atoms with Crippen molar-refractivity contribution >= 4 is 23.2 Å². The maximum Gasteiger partial charge on any atom is 0.277 e. The molecule has 1 aromatic carbocycles. The molecule has 0 saturated carbocycles. The van der Waals surface area contributed by atoms with Crippen molar-refractivity contribution in [2.24, 2.45) is 7.05 Å². The van der Waals surface area contributed by atoms with Gasteiger partial charge >= 0.3 is 0 Å². The number of pyridine rings is 2. The first-order valence-corrected chi connectivity index (χ1v) is 12.1. The first-order valence-electron chi connectivity index (χ1n) is 11.8. The Kier molecular flexibility index (Phi) is 6.00. The minimum atomic E-state index is -0.435. The molecule has 2 aromatic heterocycles. The molecule has 4 heterocycles. The summed E-state index contributed by atoms with van der Waals surface area (Å²) in [5, 5.41) is 4.24. The molecule has 0 spiro atoms. The molecule has 0 fully saturated rings. The second-order valence-electron chi connectivity index (χ2n) is 9.34. The minimum absolute atomic E-state index is 0.00320. The fraction of sp³-hybridized carbons (Fsp3) is 0.296. The molecule has 1 amide bonds. The Bertz CT molecular complexity index is 1400. The predicted octanol–water partition coefficient (Wildman–Crippen LogP) is 4.06. The van der Waals surface area contributed by atoms with Gasteiger partial charge in [0.25, 0.3) is 11.5 Å². The Labute approximate surface area is 214 Å². The number of aryl methyl sites for hydroxylation is 2. The number of aromatic nitrogens is 2. The average Bonchev–Trinajstić information content (AvgIpc) is 3.38. The number of methoxy groups -OCH3 is 1. The molecule has 186 valence electrons. The molecule has 0 aliphatic carbocycles. The van der Waals surface area contributed by atoms with Gasteiger partial charge in [0, 0.05) is 36.1 Å². The molecule has 0 saturated heterocycles. The van der Waals surface area contributed by atoms with Gasteiger partial charge in [-0.1, -0.05) is 23.7 Å². The molecule has 0 radical (unpaired) electrons. The normalized spacial score (nSPS) is 19.2. The van der Waals surface area contributed by atoms with Crippen LogP contribution in [0.15, 0.2) is 71.0 Å². The molecular formula is C27H28ClN5O3. The summed E-state index contributed by atoms with van der Waals surface area (Å²) in [5.41, 5.74) is 4.24. The molecule has 2 atom stereocenters. The number of rotatable bonds is 5. The highest BCUT2D eigenvalue weighted by Gasteiger charge is 2.51. The highest BCUT2D eigenvalue weighted by atomic mass is 35.5. The summed E-state index contributed by atoms with van der Waals surface area (Å²) in [7, 11) is 3.29. The third kappa shape index (κ3) is 3.73. The number of ether oxygens (including phenoxy) is 1. The van der Waals surface area contributed by atoms with E-state index in [1.807, 2.05) is 36.4 Å². The van der Waals surface area contributed by atoms with E-state index < -0.39 is 6.04 Å². The van der Waals surface area contributed by atoms with Crippen molar-refractivity contribution in [1.82, 2.24) is 19.8 Å². The van der Waals surface area contributed by atoms with Crippen molar-refractivity contribution in [1.29, 1.82) is 0 Å². The maximum absolute atomic E-state index is 14.2. The lowest BCUT2D eigenvalue weighted by Gasteiger charge is -2.36. The van der Waals surface area contributed by atoms with Crippen molar-refractivity contribution in [3.8, 4) is 5.88 Å². The van der Waals surface area contributed by atoms with Crippen LogP contribution in [0.25, 0.3) is 0 Å². The topological polar surface area (TPSA) is 79.7 Å². The Morgan fingerprint density at radius 1 is 1.14 bits per heavy atom. The average molecular weight is 506 g/mol. The van der Waals surface area contributed by atoms with Crippen molar-refractivity contribution in [3.05, 3.63) is 98.3 Å². The maximum atomic E-state index is 14.2. The van der Waals surface area contributed by atoms with Gasteiger partial charge < -0.3 is 19.5 Å². The van der Waals surface area contributed by atoms with Crippen LogP contribution in [0, 0.1) is 6.92 Å². The van der Waals surface area contributed by atoms with Crippen LogP contribution in [0.5, 0.6) is 5.88 Å². The summed E-state index contributed by atoms with van der Waals surface area (Å²) >= 11 is 6.20. The number of halogens is 1. The summed E-state index contributed by atoms with van der Waals surface area (Å²) in [6.07, 6.45) is 3.06. The first kappa shape index (κ1) is 23.9. The third-order valence-corrected chi connectivity index (χ3v) is 6.95. The van der Waals surface area contributed by atoms with Crippen LogP contribution >= 0.6 is 11.6 Å². The zero-order chi connectivity index (χ0) is 25.7. The minimum Gasteiger partial charge on any atom is -0.481 e. The Balaban J connectivity index is 1.68. The predicted molar refractivity (Wildman–Crippen MR) is 139 cm³/mol. The smallest absolute Gasteiger partial charge is 0.277 e. The van der Waals surface area contributed by atoms with E-state index in [1.54, 1.807) is 44.4 Å². The van der Waals surface area contributed by atoms with Crippen molar-refractivity contribution in [2.75, 3.05) is 12.0 Å². The second kappa shape index (κ2) is 9.02. The standard InChI is InChI=1S/C27H28ClN5O3/c1-15(2)32-23-21(30-24(32)20-7-6-12-29-25(20)36-5)22(17-8-10-18(28)11-9-17)33(27(23)35)19-13-16(3)26(34)31(4)14-19/h6-15,22,24,30H,1-5H3/t22?,24-/m0/s1. The fourth-order valence-electron chi connectivity index (χ4n) is 5.13. The quantitative estimate of drug-likeness (QED) is 0.563. The summed E-state index contributed by atoms with van der Waals surface area (Å²) in [4.78, 5) is 34.8.